The fraction of sp³-hybridized carbons (Fsp3) is 0.231. The van der Waals surface area contributed by atoms with Crippen LogP contribution in [0.2, 0.25) is 0 Å². The van der Waals surface area contributed by atoms with E-state index < -0.39 is 0 Å². The minimum Gasteiger partial charge on any atom is -0.494 e. The number of hydrogen-bond acceptors (Lipinski definition) is 5. The number of nitrogens with one attached hydrogen (secondary N) is 3. The predicted molar refractivity (Wildman–Crippen MR) is 134 cm³/mol. The number of aryl methyl sites for hydroxylation is 3. The second-order valence-corrected chi connectivity index (χ2v) is 8.34. The summed E-state index contributed by atoms with van der Waals surface area (Å²) in [6.45, 7) is 6.74. The van der Waals surface area contributed by atoms with E-state index in [2.05, 4.69) is 68.7 Å². The third-order valence-corrected chi connectivity index (χ3v) is 5.96. The number of nitrogens with two attached hydrogens (primary N) is 1. The van der Waals surface area contributed by atoms with Crippen molar-refractivity contribution in [2.24, 2.45) is 0 Å². The molecule has 0 atom stereocenters. The van der Waals surface area contributed by atoms with E-state index in [-0.39, 0.29) is 5.95 Å². The molecular weight excluding hydrogens is 412 g/mol. The van der Waals surface area contributed by atoms with E-state index in [9.17, 15) is 0 Å². The first-order valence-corrected chi connectivity index (χ1v) is 11.2. The highest BCUT2D eigenvalue weighted by Gasteiger charge is 2.13. The van der Waals surface area contributed by atoms with Gasteiger partial charge in [0.1, 0.15) is 11.6 Å². The van der Waals surface area contributed by atoms with Crippen LogP contribution in [0.1, 0.15) is 29.4 Å². The van der Waals surface area contributed by atoms with Crippen LogP contribution >= 0.6 is 0 Å². The smallest absolute Gasteiger partial charge is 0.222 e. The normalized spacial score (nSPS) is 11.4. The van der Waals surface area contributed by atoms with Crippen molar-refractivity contribution in [3.8, 4) is 5.75 Å². The van der Waals surface area contributed by atoms with E-state index in [0.29, 0.717) is 6.61 Å². The summed E-state index contributed by atoms with van der Waals surface area (Å²) in [5.74, 6) is 1.89. The van der Waals surface area contributed by atoms with E-state index in [1.807, 2.05) is 26.0 Å². The van der Waals surface area contributed by atoms with Gasteiger partial charge in [0.2, 0.25) is 5.95 Å². The standard InChI is InChI=1S/C26H28N6O/c1-4-33-20-7-10-24-21(13-20)17(14-28-24)5-8-22-16(3)25(32-26(27)31-22)30-19-6-9-23-18(12-19)11-15(2)29-23/h6-7,9-14,28-29H,4-5,8H2,1-3H3,(H3,27,30,31,32). The summed E-state index contributed by atoms with van der Waals surface area (Å²) in [6, 6.07) is 14.5. The predicted octanol–water partition coefficient (Wildman–Crippen LogP) is 5.57. The van der Waals surface area contributed by atoms with Crippen LogP contribution in [-0.2, 0) is 12.8 Å². The van der Waals surface area contributed by atoms with Gasteiger partial charge in [0.05, 0.1) is 12.3 Å². The second kappa shape index (κ2) is 8.50. The number of nitrogens with zero attached hydrogens (tertiary/aromatic N) is 2. The van der Waals surface area contributed by atoms with Crippen molar-refractivity contribution >= 4 is 39.3 Å². The summed E-state index contributed by atoms with van der Waals surface area (Å²) in [5, 5.41) is 5.76. The van der Waals surface area contributed by atoms with Crippen molar-refractivity contribution in [2.45, 2.75) is 33.6 Å². The molecule has 3 heterocycles. The van der Waals surface area contributed by atoms with E-state index in [0.717, 1.165) is 63.5 Å². The van der Waals surface area contributed by atoms with Crippen molar-refractivity contribution in [3.63, 3.8) is 0 Å². The van der Waals surface area contributed by atoms with E-state index in [1.54, 1.807) is 0 Å². The minimum atomic E-state index is 0.272. The molecule has 5 N–H and O–H groups in total. The molecule has 5 rings (SSSR count). The number of fused-ring (bicyclic) bond motifs is 2. The zero-order valence-corrected chi connectivity index (χ0v) is 19.1. The molecule has 0 saturated carbocycles. The number of anilines is 3. The van der Waals surface area contributed by atoms with Crippen LogP contribution in [0.5, 0.6) is 5.75 Å². The van der Waals surface area contributed by atoms with Gasteiger partial charge < -0.3 is 25.8 Å². The first-order valence-electron chi connectivity index (χ1n) is 11.2. The molecule has 0 saturated heterocycles. The maximum atomic E-state index is 6.08. The Morgan fingerprint density at radius 1 is 1.00 bits per heavy atom. The van der Waals surface area contributed by atoms with Crippen molar-refractivity contribution < 1.29 is 4.74 Å². The lowest BCUT2D eigenvalue weighted by Gasteiger charge is -2.13. The molecule has 0 spiro atoms. The van der Waals surface area contributed by atoms with Crippen LogP contribution in [-0.4, -0.2) is 26.5 Å². The van der Waals surface area contributed by atoms with Gasteiger partial charge in [-0.1, -0.05) is 0 Å². The van der Waals surface area contributed by atoms with Gasteiger partial charge in [0.25, 0.3) is 0 Å². The van der Waals surface area contributed by atoms with E-state index in [1.165, 1.54) is 10.9 Å². The molecule has 5 aromatic rings. The molecule has 7 heteroatoms. The van der Waals surface area contributed by atoms with Crippen molar-refractivity contribution in [3.05, 3.63) is 71.2 Å². The van der Waals surface area contributed by atoms with Crippen LogP contribution in [0.25, 0.3) is 21.8 Å². The molecule has 0 aliphatic rings. The summed E-state index contributed by atoms with van der Waals surface area (Å²) in [6.07, 6.45) is 3.66. The van der Waals surface area contributed by atoms with Gasteiger partial charge in [-0.3, -0.25) is 0 Å². The SMILES string of the molecule is CCOc1ccc2[nH]cc(CCc3nc(N)nc(Nc4ccc5[nH]c(C)cc5c4)c3C)c2c1. The fourth-order valence-electron chi connectivity index (χ4n) is 4.31. The summed E-state index contributed by atoms with van der Waals surface area (Å²) < 4.78 is 5.68. The number of aromatic amines is 2. The molecule has 0 bridgehead atoms. The van der Waals surface area contributed by atoms with Crippen LogP contribution in [0.3, 0.4) is 0 Å². The summed E-state index contributed by atoms with van der Waals surface area (Å²) in [7, 11) is 0. The zero-order chi connectivity index (χ0) is 22.9. The van der Waals surface area contributed by atoms with Crippen LogP contribution in [0.4, 0.5) is 17.5 Å². The average molecular weight is 441 g/mol. The fourth-order valence-corrected chi connectivity index (χ4v) is 4.31. The molecule has 0 aliphatic carbocycles. The summed E-state index contributed by atoms with van der Waals surface area (Å²) in [4.78, 5) is 15.7. The number of rotatable bonds is 7. The Balaban J connectivity index is 1.39. The molecular formula is C26H28N6O. The lowest BCUT2D eigenvalue weighted by Crippen LogP contribution is -2.08. The topological polar surface area (TPSA) is 105 Å². The van der Waals surface area contributed by atoms with Gasteiger partial charge in [-0.05, 0) is 81.6 Å². The Hall–Kier alpha value is -4.00. The molecule has 0 unspecified atom stereocenters. The Kier molecular flexibility index (Phi) is 5.38. The Morgan fingerprint density at radius 3 is 2.70 bits per heavy atom. The summed E-state index contributed by atoms with van der Waals surface area (Å²) >= 11 is 0. The Morgan fingerprint density at radius 2 is 1.85 bits per heavy atom. The van der Waals surface area contributed by atoms with Crippen LogP contribution in [0.15, 0.2) is 48.7 Å². The average Bonchev–Trinajstić information content (AvgIpc) is 3.36. The number of hydrogen-bond donors (Lipinski definition) is 4. The molecule has 0 fully saturated rings. The molecule has 33 heavy (non-hydrogen) atoms. The van der Waals surface area contributed by atoms with E-state index in [4.69, 9.17) is 10.5 Å². The van der Waals surface area contributed by atoms with Crippen molar-refractivity contribution in [1.82, 2.24) is 19.9 Å². The monoisotopic (exact) mass is 440 g/mol. The quantitative estimate of drug-likeness (QED) is 0.265. The van der Waals surface area contributed by atoms with Gasteiger partial charge in [0.15, 0.2) is 0 Å². The van der Waals surface area contributed by atoms with Gasteiger partial charge in [0, 0.05) is 44.9 Å². The first kappa shape index (κ1) is 20.9. The zero-order valence-electron chi connectivity index (χ0n) is 19.1. The number of benzene rings is 2. The maximum absolute atomic E-state index is 6.08. The van der Waals surface area contributed by atoms with Gasteiger partial charge in [-0.2, -0.15) is 4.98 Å². The third-order valence-electron chi connectivity index (χ3n) is 5.96. The Bertz CT molecular complexity index is 1450. The van der Waals surface area contributed by atoms with Crippen LogP contribution < -0.4 is 15.8 Å². The number of aromatic nitrogens is 4. The Labute approximate surface area is 192 Å². The molecule has 2 aromatic carbocycles. The van der Waals surface area contributed by atoms with E-state index >= 15 is 0 Å². The van der Waals surface area contributed by atoms with Gasteiger partial charge >= 0.3 is 0 Å². The summed E-state index contributed by atoms with van der Waals surface area (Å²) in [5.41, 5.74) is 13.6. The second-order valence-electron chi connectivity index (χ2n) is 8.34. The molecule has 0 radical (unpaired) electrons. The minimum absolute atomic E-state index is 0.272. The number of nitrogen functional groups attached to an aromatic ring is 1. The third kappa shape index (κ3) is 4.22. The van der Waals surface area contributed by atoms with Gasteiger partial charge in [-0.15, -0.1) is 0 Å². The molecule has 7 nitrogen and oxygen atoms in total. The van der Waals surface area contributed by atoms with Crippen molar-refractivity contribution in [1.29, 1.82) is 0 Å². The number of ether oxygens (including phenoxy) is 1. The molecule has 0 aliphatic heterocycles. The van der Waals surface area contributed by atoms with Crippen LogP contribution in [0, 0.1) is 13.8 Å². The number of H-pyrrole nitrogens is 2. The molecule has 3 aromatic heterocycles. The highest BCUT2D eigenvalue weighted by atomic mass is 16.5. The van der Waals surface area contributed by atoms with Crippen molar-refractivity contribution in [2.75, 3.05) is 17.7 Å². The highest BCUT2D eigenvalue weighted by Crippen LogP contribution is 2.28. The largest absolute Gasteiger partial charge is 0.494 e. The maximum Gasteiger partial charge on any atom is 0.222 e. The lowest BCUT2D eigenvalue weighted by atomic mass is 10.0. The first-order chi connectivity index (χ1) is 16.0. The lowest BCUT2D eigenvalue weighted by molar-refractivity contribution is 0.340. The molecule has 168 valence electrons. The molecule has 0 amide bonds. The highest BCUT2D eigenvalue weighted by molar-refractivity contribution is 5.85. The van der Waals surface area contributed by atoms with Gasteiger partial charge in [-0.25, -0.2) is 4.98 Å².